The summed E-state index contributed by atoms with van der Waals surface area (Å²) in [7, 11) is 1.62. The Bertz CT molecular complexity index is 996. The minimum absolute atomic E-state index is 0.0497. The Kier molecular flexibility index (Phi) is 9.89. The van der Waals surface area contributed by atoms with E-state index in [0.29, 0.717) is 11.3 Å². The number of amides is 1. The van der Waals surface area contributed by atoms with Crippen molar-refractivity contribution in [2.24, 2.45) is 0 Å². The summed E-state index contributed by atoms with van der Waals surface area (Å²) >= 11 is 13.0. The van der Waals surface area contributed by atoms with Crippen LogP contribution in [0, 0.1) is 0 Å². The molecule has 0 saturated heterocycles. The highest BCUT2D eigenvalue weighted by molar-refractivity contribution is 6.37. The summed E-state index contributed by atoms with van der Waals surface area (Å²) in [6.45, 7) is 9.78. The molecule has 0 saturated carbocycles. The molecule has 9 heteroatoms. The third-order valence-electron chi connectivity index (χ3n) is 4.78. The molecule has 186 valence electrons. The Morgan fingerprint density at radius 3 is 2.12 bits per heavy atom. The Morgan fingerprint density at radius 1 is 0.971 bits per heavy atom. The summed E-state index contributed by atoms with van der Waals surface area (Å²) in [6, 6.07) is 8.76. The van der Waals surface area contributed by atoms with E-state index in [0.717, 1.165) is 11.3 Å². The zero-order valence-corrected chi connectivity index (χ0v) is 21.9. The lowest BCUT2D eigenvalue weighted by Gasteiger charge is -2.23. The number of hydrogen-bond donors (Lipinski definition) is 0. The molecule has 0 aliphatic heterocycles. The maximum absolute atomic E-state index is 12.3. The van der Waals surface area contributed by atoms with Crippen LogP contribution < -0.4 is 9.47 Å². The number of esters is 1. The van der Waals surface area contributed by atoms with E-state index in [1.165, 1.54) is 4.90 Å². The smallest absolute Gasteiger partial charge is 0.410 e. The lowest BCUT2D eigenvalue weighted by Crippen LogP contribution is -2.36. The minimum Gasteiger partial charge on any atom is -0.496 e. The van der Waals surface area contributed by atoms with Crippen LogP contribution in [0.25, 0.3) is 0 Å². The van der Waals surface area contributed by atoms with E-state index in [-0.39, 0.29) is 47.5 Å². The number of halogens is 2. The van der Waals surface area contributed by atoms with Crippen molar-refractivity contribution in [3.63, 3.8) is 0 Å². The van der Waals surface area contributed by atoms with Crippen LogP contribution in [-0.2, 0) is 26.2 Å². The van der Waals surface area contributed by atoms with Crippen LogP contribution in [0.2, 0.25) is 10.0 Å². The van der Waals surface area contributed by atoms with Crippen molar-refractivity contribution in [3.05, 3.63) is 51.5 Å². The number of ether oxygens (including phenoxy) is 4. The highest BCUT2D eigenvalue weighted by atomic mass is 35.5. The molecule has 0 atom stereocenters. The fourth-order valence-electron chi connectivity index (χ4n) is 3.24. The largest absolute Gasteiger partial charge is 0.496 e. The summed E-state index contributed by atoms with van der Waals surface area (Å²) in [6.07, 6.45) is -0.643. The topological polar surface area (TPSA) is 74.3 Å². The second-order valence-corrected chi connectivity index (χ2v) is 9.28. The van der Waals surface area contributed by atoms with Gasteiger partial charge in [-0.25, -0.2) is 4.79 Å². The van der Waals surface area contributed by atoms with E-state index >= 15 is 0 Å². The number of methoxy groups -OCH3 is 1. The Hall–Kier alpha value is -2.64. The third kappa shape index (κ3) is 7.43. The normalized spacial score (nSPS) is 11.1. The molecule has 0 unspecified atom stereocenters. The average Bonchev–Trinajstić information content (AvgIpc) is 2.75. The lowest BCUT2D eigenvalue weighted by molar-refractivity contribution is -0.144. The zero-order valence-electron chi connectivity index (χ0n) is 20.4. The van der Waals surface area contributed by atoms with Gasteiger partial charge in [0.05, 0.1) is 30.4 Å². The zero-order chi connectivity index (χ0) is 25.5. The number of carbonyl (C=O) groups is 2. The van der Waals surface area contributed by atoms with Crippen molar-refractivity contribution in [3.8, 4) is 17.2 Å². The fraction of sp³-hybridized carbons (Fsp3) is 0.440. The second-order valence-electron chi connectivity index (χ2n) is 8.46. The first-order chi connectivity index (χ1) is 16.0. The highest BCUT2D eigenvalue weighted by Crippen LogP contribution is 2.40. The van der Waals surface area contributed by atoms with E-state index in [4.69, 9.17) is 42.1 Å². The molecule has 0 fully saturated rings. The van der Waals surface area contributed by atoms with E-state index in [2.05, 4.69) is 20.8 Å². The second kappa shape index (κ2) is 12.2. The van der Waals surface area contributed by atoms with Crippen LogP contribution in [0.3, 0.4) is 0 Å². The first-order valence-electron chi connectivity index (χ1n) is 10.9. The maximum atomic E-state index is 12.3. The molecule has 0 heterocycles. The Balaban J connectivity index is 2.30. The van der Waals surface area contributed by atoms with Gasteiger partial charge in [-0.05, 0) is 55.2 Å². The van der Waals surface area contributed by atoms with E-state index in [9.17, 15) is 9.59 Å². The summed E-state index contributed by atoms with van der Waals surface area (Å²) < 4.78 is 21.5. The molecule has 0 N–H and O–H groups in total. The van der Waals surface area contributed by atoms with Gasteiger partial charge in [0.2, 0.25) is 0 Å². The van der Waals surface area contributed by atoms with Gasteiger partial charge in [-0.1, -0.05) is 44.0 Å². The predicted octanol–water partition coefficient (Wildman–Crippen LogP) is 6.61. The van der Waals surface area contributed by atoms with E-state index < -0.39 is 12.1 Å². The van der Waals surface area contributed by atoms with Gasteiger partial charge in [0, 0.05) is 12.1 Å². The number of nitrogens with zero attached hydrogens (tertiary/aromatic N) is 1. The van der Waals surface area contributed by atoms with Crippen molar-refractivity contribution >= 4 is 35.3 Å². The molecule has 2 rings (SSSR count). The summed E-state index contributed by atoms with van der Waals surface area (Å²) in [5.74, 6) is 1.05. The summed E-state index contributed by atoms with van der Waals surface area (Å²) in [5, 5.41) is 0.520. The highest BCUT2D eigenvalue weighted by Gasteiger charge is 2.22. The maximum Gasteiger partial charge on any atom is 0.410 e. The molecule has 7 nitrogen and oxygen atoms in total. The van der Waals surface area contributed by atoms with Crippen LogP contribution in [-0.4, -0.2) is 43.8 Å². The third-order valence-corrected chi connectivity index (χ3v) is 5.34. The molecule has 0 aliphatic rings. The lowest BCUT2D eigenvalue weighted by atomic mass is 9.86. The summed E-state index contributed by atoms with van der Waals surface area (Å²) in [5.41, 5.74) is 1.41. The summed E-state index contributed by atoms with van der Waals surface area (Å²) in [4.78, 5) is 25.5. The number of carbonyl (C=O) groups excluding carboxylic acids is 2. The Morgan fingerprint density at radius 2 is 1.59 bits per heavy atom. The average molecular weight is 512 g/mol. The molecule has 0 aromatic heterocycles. The molecule has 2 aromatic carbocycles. The molecule has 0 radical (unpaired) electrons. The monoisotopic (exact) mass is 511 g/mol. The van der Waals surface area contributed by atoms with Gasteiger partial charge < -0.3 is 18.9 Å². The van der Waals surface area contributed by atoms with Crippen molar-refractivity contribution in [1.82, 2.24) is 4.90 Å². The van der Waals surface area contributed by atoms with Gasteiger partial charge in [0.25, 0.3) is 0 Å². The fourth-order valence-corrected chi connectivity index (χ4v) is 3.85. The van der Waals surface area contributed by atoms with Crippen LogP contribution in [0.15, 0.2) is 30.3 Å². The van der Waals surface area contributed by atoms with Crippen LogP contribution in [0.5, 0.6) is 17.2 Å². The molecule has 0 spiro atoms. The molecule has 34 heavy (non-hydrogen) atoms. The molecule has 1 amide bonds. The van der Waals surface area contributed by atoms with Crippen molar-refractivity contribution < 1.29 is 28.5 Å². The Labute approximate surface area is 210 Å². The number of hydrogen-bond acceptors (Lipinski definition) is 6. The molecule has 0 bridgehead atoms. The number of benzene rings is 2. The SMILES string of the molecule is CCOC(=O)CN(Cc1cc(Cl)c(Oc2ccc(OC)c(C(C)(C)C)c2)c(Cl)c1)C(=O)OCC. The predicted molar refractivity (Wildman–Crippen MR) is 132 cm³/mol. The quantitative estimate of drug-likeness (QED) is 0.352. The minimum atomic E-state index is -0.643. The van der Waals surface area contributed by atoms with Crippen molar-refractivity contribution in [2.75, 3.05) is 26.9 Å². The van der Waals surface area contributed by atoms with Gasteiger partial charge in [0.15, 0.2) is 5.75 Å². The van der Waals surface area contributed by atoms with Crippen LogP contribution in [0.1, 0.15) is 45.7 Å². The molecular formula is C25H31Cl2NO6. The van der Waals surface area contributed by atoms with Gasteiger partial charge >= 0.3 is 12.1 Å². The first-order valence-corrected chi connectivity index (χ1v) is 11.7. The van der Waals surface area contributed by atoms with Gasteiger partial charge in [-0.15, -0.1) is 0 Å². The van der Waals surface area contributed by atoms with Gasteiger partial charge in [-0.2, -0.15) is 0 Å². The standard InChI is InChI=1S/C25H31Cl2NO6/c1-7-32-22(29)15-28(24(30)33-8-2)14-16-11-19(26)23(20(27)12-16)34-17-9-10-21(31-6)18(13-17)25(3,4)5/h9-13H,7-8,14-15H2,1-6H3. The first kappa shape index (κ1) is 27.6. The van der Waals surface area contributed by atoms with Gasteiger partial charge in [-0.3, -0.25) is 9.69 Å². The van der Waals surface area contributed by atoms with E-state index in [1.54, 1.807) is 39.2 Å². The molecule has 0 aliphatic carbocycles. The van der Waals surface area contributed by atoms with Crippen molar-refractivity contribution in [1.29, 1.82) is 0 Å². The van der Waals surface area contributed by atoms with Crippen molar-refractivity contribution in [2.45, 2.75) is 46.6 Å². The van der Waals surface area contributed by atoms with E-state index in [1.807, 2.05) is 12.1 Å². The molecular weight excluding hydrogens is 481 g/mol. The van der Waals surface area contributed by atoms with Gasteiger partial charge in [0.1, 0.15) is 18.0 Å². The molecule has 2 aromatic rings. The van der Waals surface area contributed by atoms with Crippen LogP contribution >= 0.6 is 23.2 Å². The van der Waals surface area contributed by atoms with Crippen LogP contribution in [0.4, 0.5) is 4.79 Å². The number of rotatable bonds is 9.